The molecular weight excluding hydrogens is 358 g/mol. The normalized spacial score (nSPS) is 10.6. The molecule has 0 amide bonds. The largest absolute Gasteiger partial charge is 0.354 e. The Kier molecular flexibility index (Phi) is 6.13. The maximum absolute atomic E-state index is 6.16. The van der Waals surface area contributed by atoms with Crippen LogP contribution in [-0.2, 0) is 5.75 Å². The molecule has 0 bridgehead atoms. The van der Waals surface area contributed by atoms with Crippen LogP contribution in [0.3, 0.4) is 0 Å². The highest BCUT2D eigenvalue weighted by Gasteiger charge is 2.07. The molecule has 6 heteroatoms. The molecule has 0 fully saturated rings. The number of nitrogens with zero attached hydrogens (tertiary/aromatic N) is 2. The predicted molar refractivity (Wildman–Crippen MR) is 89.5 cm³/mol. The number of anilines is 1. The lowest BCUT2D eigenvalue weighted by atomic mass is 10.2. The van der Waals surface area contributed by atoms with Crippen molar-refractivity contribution in [1.29, 1.82) is 0 Å². The first-order valence-electron chi connectivity index (χ1n) is 6.33. The lowest BCUT2D eigenvalue weighted by Gasteiger charge is -2.08. The molecule has 106 valence electrons. The fourth-order valence-corrected chi connectivity index (χ4v) is 3.24. The van der Waals surface area contributed by atoms with E-state index in [9.17, 15) is 0 Å². The molecule has 0 aliphatic rings. The number of hydrogen-bond acceptors (Lipinski definition) is 4. The summed E-state index contributed by atoms with van der Waals surface area (Å²) in [4.78, 5) is 8.75. The van der Waals surface area contributed by atoms with E-state index in [1.54, 1.807) is 18.0 Å². The Morgan fingerprint density at radius 1 is 1.35 bits per heavy atom. The van der Waals surface area contributed by atoms with Crippen molar-refractivity contribution in [3.63, 3.8) is 0 Å². The summed E-state index contributed by atoms with van der Waals surface area (Å²) in [6.07, 6.45) is 2.82. The van der Waals surface area contributed by atoms with Gasteiger partial charge in [-0.05, 0) is 34.0 Å². The van der Waals surface area contributed by atoms with Gasteiger partial charge in [0.1, 0.15) is 5.03 Å². The van der Waals surface area contributed by atoms with E-state index in [0.717, 1.165) is 38.8 Å². The van der Waals surface area contributed by atoms with Crippen LogP contribution in [0.15, 0.2) is 40.0 Å². The Hall–Kier alpha value is -0.780. The second-order valence-electron chi connectivity index (χ2n) is 4.15. The molecule has 2 aromatic rings. The maximum atomic E-state index is 6.16. The van der Waals surface area contributed by atoms with Gasteiger partial charge in [0.15, 0.2) is 0 Å². The molecule has 0 radical (unpaired) electrons. The first-order valence-corrected chi connectivity index (χ1v) is 8.49. The molecule has 0 saturated carbocycles. The van der Waals surface area contributed by atoms with Crippen LogP contribution in [0.4, 0.5) is 5.95 Å². The quantitative estimate of drug-likeness (QED) is 0.571. The Labute approximate surface area is 136 Å². The van der Waals surface area contributed by atoms with Crippen LogP contribution in [0.2, 0.25) is 5.02 Å². The van der Waals surface area contributed by atoms with E-state index in [4.69, 9.17) is 11.6 Å². The van der Waals surface area contributed by atoms with Crippen LogP contribution < -0.4 is 5.32 Å². The molecular formula is C14H15BrClN3S. The van der Waals surface area contributed by atoms with Gasteiger partial charge in [-0.3, -0.25) is 0 Å². The standard InChI is InChI=1S/C14H15BrClN3S/c1-2-7-17-14-18-8-11(15)13(19-14)20-9-10-5-3-4-6-12(10)16/h3-6,8H,2,7,9H2,1H3,(H,17,18,19). The van der Waals surface area contributed by atoms with Gasteiger partial charge in [0, 0.05) is 23.5 Å². The summed E-state index contributed by atoms with van der Waals surface area (Å²) >= 11 is 11.3. The number of halogens is 2. The summed E-state index contributed by atoms with van der Waals surface area (Å²) in [6.45, 7) is 2.98. The number of nitrogens with one attached hydrogen (secondary N) is 1. The minimum absolute atomic E-state index is 0.664. The zero-order chi connectivity index (χ0) is 14.4. The molecule has 0 saturated heterocycles. The van der Waals surface area contributed by atoms with E-state index < -0.39 is 0 Å². The fraction of sp³-hybridized carbons (Fsp3) is 0.286. The molecule has 1 heterocycles. The summed E-state index contributed by atoms with van der Waals surface area (Å²) in [5.41, 5.74) is 1.10. The molecule has 0 atom stereocenters. The zero-order valence-electron chi connectivity index (χ0n) is 11.1. The van der Waals surface area contributed by atoms with Crippen LogP contribution in [0, 0.1) is 0 Å². The van der Waals surface area contributed by atoms with Crippen molar-refractivity contribution < 1.29 is 0 Å². The van der Waals surface area contributed by atoms with E-state index in [1.807, 2.05) is 24.3 Å². The average Bonchev–Trinajstić information content (AvgIpc) is 2.46. The summed E-state index contributed by atoms with van der Waals surface area (Å²) < 4.78 is 0.900. The van der Waals surface area contributed by atoms with Crippen molar-refractivity contribution in [2.75, 3.05) is 11.9 Å². The third kappa shape index (κ3) is 4.36. The predicted octanol–water partition coefficient (Wildman–Crippen LogP) is 5.01. The molecule has 2 rings (SSSR count). The SMILES string of the molecule is CCCNc1ncc(Br)c(SCc2ccccc2Cl)n1. The number of hydrogen-bond donors (Lipinski definition) is 1. The van der Waals surface area contributed by atoms with E-state index in [1.165, 1.54) is 0 Å². The van der Waals surface area contributed by atoms with Gasteiger partial charge in [-0.15, -0.1) is 11.8 Å². The van der Waals surface area contributed by atoms with Crippen molar-refractivity contribution in [2.24, 2.45) is 0 Å². The smallest absolute Gasteiger partial charge is 0.223 e. The van der Waals surface area contributed by atoms with Gasteiger partial charge >= 0.3 is 0 Å². The summed E-state index contributed by atoms with van der Waals surface area (Å²) in [5, 5.41) is 4.89. The van der Waals surface area contributed by atoms with Crippen molar-refractivity contribution >= 4 is 45.2 Å². The average molecular weight is 373 g/mol. The molecule has 1 N–H and O–H groups in total. The van der Waals surface area contributed by atoms with Gasteiger partial charge in [-0.25, -0.2) is 9.97 Å². The van der Waals surface area contributed by atoms with Crippen LogP contribution in [-0.4, -0.2) is 16.5 Å². The molecule has 0 aliphatic heterocycles. The molecule has 0 aliphatic carbocycles. The third-order valence-corrected chi connectivity index (χ3v) is 4.82. The van der Waals surface area contributed by atoms with Gasteiger partial charge in [-0.1, -0.05) is 36.7 Å². The molecule has 0 spiro atoms. The van der Waals surface area contributed by atoms with E-state index in [0.29, 0.717) is 5.95 Å². The third-order valence-electron chi connectivity index (χ3n) is 2.57. The maximum Gasteiger partial charge on any atom is 0.223 e. The van der Waals surface area contributed by atoms with Gasteiger partial charge in [-0.2, -0.15) is 0 Å². The minimum Gasteiger partial charge on any atom is -0.354 e. The van der Waals surface area contributed by atoms with Crippen LogP contribution in [0.1, 0.15) is 18.9 Å². The first kappa shape index (κ1) is 15.6. The zero-order valence-corrected chi connectivity index (χ0v) is 14.2. The Morgan fingerprint density at radius 3 is 2.90 bits per heavy atom. The van der Waals surface area contributed by atoms with Gasteiger partial charge in [0.25, 0.3) is 0 Å². The lowest BCUT2D eigenvalue weighted by Crippen LogP contribution is -2.04. The fourth-order valence-electron chi connectivity index (χ4n) is 1.54. The number of rotatable bonds is 6. The van der Waals surface area contributed by atoms with Crippen molar-refractivity contribution in [1.82, 2.24) is 9.97 Å². The van der Waals surface area contributed by atoms with Crippen molar-refractivity contribution in [2.45, 2.75) is 24.1 Å². The monoisotopic (exact) mass is 371 g/mol. The lowest BCUT2D eigenvalue weighted by molar-refractivity contribution is 0.930. The Morgan fingerprint density at radius 2 is 2.15 bits per heavy atom. The molecule has 20 heavy (non-hydrogen) atoms. The van der Waals surface area contributed by atoms with Gasteiger partial charge < -0.3 is 5.32 Å². The van der Waals surface area contributed by atoms with E-state index in [-0.39, 0.29) is 0 Å². The highest BCUT2D eigenvalue weighted by molar-refractivity contribution is 9.10. The van der Waals surface area contributed by atoms with Crippen molar-refractivity contribution in [3.8, 4) is 0 Å². The molecule has 1 aromatic heterocycles. The van der Waals surface area contributed by atoms with Crippen LogP contribution in [0.5, 0.6) is 0 Å². The van der Waals surface area contributed by atoms with Gasteiger partial charge in [0.05, 0.1) is 4.47 Å². The van der Waals surface area contributed by atoms with Gasteiger partial charge in [0.2, 0.25) is 5.95 Å². The first-order chi connectivity index (χ1) is 9.70. The summed E-state index contributed by atoms with van der Waals surface area (Å²) in [5.74, 6) is 1.44. The molecule has 3 nitrogen and oxygen atoms in total. The van der Waals surface area contributed by atoms with E-state index >= 15 is 0 Å². The number of thioether (sulfide) groups is 1. The van der Waals surface area contributed by atoms with Crippen LogP contribution >= 0.6 is 39.3 Å². The minimum atomic E-state index is 0.664. The number of benzene rings is 1. The second kappa shape index (κ2) is 7.86. The van der Waals surface area contributed by atoms with E-state index in [2.05, 4.69) is 38.1 Å². The van der Waals surface area contributed by atoms with Crippen molar-refractivity contribution in [3.05, 3.63) is 45.5 Å². The topological polar surface area (TPSA) is 37.8 Å². The highest BCUT2D eigenvalue weighted by Crippen LogP contribution is 2.30. The second-order valence-corrected chi connectivity index (χ2v) is 6.38. The Bertz CT molecular complexity index is 580. The summed E-state index contributed by atoms with van der Waals surface area (Å²) in [7, 11) is 0. The molecule has 1 aromatic carbocycles. The number of aromatic nitrogens is 2. The summed E-state index contributed by atoms with van der Waals surface area (Å²) in [6, 6.07) is 7.86. The molecule has 0 unspecified atom stereocenters. The Balaban J connectivity index is 2.07. The highest BCUT2D eigenvalue weighted by atomic mass is 79.9. The van der Waals surface area contributed by atoms with Crippen LogP contribution in [0.25, 0.3) is 0 Å².